The van der Waals surface area contributed by atoms with Crippen LogP contribution in [0.1, 0.15) is 24.2 Å². The summed E-state index contributed by atoms with van der Waals surface area (Å²) >= 11 is 6.15. The molecule has 0 radical (unpaired) electrons. The number of nitrogens with zero attached hydrogens (tertiary/aromatic N) is 3. The monoisotopic (exact) mass is 362 g/mol. The third-order valence-electron chi connectivity index (χ3n) is 4.47. The lowest BCUT2D eigenvalue weighted by atomic mass is 10.1. The van der Waals surface area contributed by atoms with Crippen LogP contribution in [-0.2, 0) is 0 Å². The van der Waals surface area contributed by atoms with E-state index in [4.69, 9.17) is 11.6 Å². The lowest BCUT2D eigenvalue weighted by molar-refractivity contribution is 0.872. The van der Waals surface area contributed by atoms with Crippen molar-refractivity contribution in [3.05, 3.63) is 83.1 Å². The molecule has 2 aromatic heterocycles. The van der Waals surface area contributed by atoms with Crippen molar-refractivity contribution in [1.29, 1.82) is 0 Å². The first-order chi connectivity index (χ1) is 12.6. The van der Waals surface area contributed by atoms with E-state index in [-0.39, 0.29) is 6.04 Å². The average molecular weight is 363 g/mol. The van der Waals surface area contributed by atoms with Crippen molar-refractivity contribution in [1.82, 2.24) is 14.8 Å². The molecular weight excluding hydrogens is 344 g/mol. The van der Waals surface area contributed by atoms with Gasteiger partial charge in [0.05, 0.1) is 16.9 Å². The van der Waals surface area contributed by atoms with Crippen molar-refractivity contribution >= 4 is 28.3 Å². The van der Waals surface area contributed by atoms with E-state index >= 15 is 0 Å². The highest BCUT2D eigenvalue weighted by molar-refractivity contribution is 6.30. The number of hydrogen-bond donors (Lipinski definition) is 1. The zero-order chi connectivity index (χ0) is 18.1. The molecule has 0 saturated carbocycles. The summed E-state index contributed by atoms with van der Waals surface area (Å²) in [5, 5.41) is 9.86. The molecule has 2 heterocycles. The summed E-state index contributed by atoms with van der Waals surface area (Å²) in [4.78, 5) is 4.57. The number of aryl methyl sites for hydroxylation is 1. The minimum Gasteiger partial charge on any atom is -0.363 e. The second-order valence-corrected chi connectivity index (χ2v) is 6.78. The SMILES string of the molecule is Cc1nn(-c2cccc(Cl)c2)c2cc(N[C@@H](C)c3ccccc3)ncc12. The van der Waals surface area contributed by atoms with Crippen molar-refractivity contribution in [3.63, 3.8) is 0 Å². The van der Waals surface area contributed by atoms with Gasteiger partial charge in [0.1, 0.15) is 5.82 Å². The van der Waals surface area contributed by atoms with Crippen LogP contribution in [0.4, 0.5) is 5.82 Å². The standard InChI is InChI=1S/C21H19ClN4/c1-14(16-7-4-3-5-8-16)24-21-12-20-19(13-23-21)15(2)25-26(20)18-10-6-9-17(22)11-18/h3-14H,1-2H3,(H,23,24)/t14-/m0/s1. The number of halogens is 1. The Morgan fingerprint density at radius 3 is 2.62 bits per heavy atom. The first-order valence-corrected chi connectivity index (χ1v) is 8.92. The van der Waals surface area contributed by atoms with Crippen LogP contribution in [0.3, 0.4) is 0 Å². The Kier molecular flexibility index (Phi) is 4.35. The molecule has 0 fully saturated rings. The molecule has 0 amide bonds. The summed E-state index contributed by atoms with van der Waals surface area (Å²) in [5.41, 5.74) is 4.09. The summed E-state index contributed by atoms with van der Waals surface area (Å²) in [6.07, 6.45) is 1.87. The largest absolute Gasteiger partial charge is 0.363 e. The maximum atomic E-state index is 6.15. The van der Waals surface area contributed by atoms with Crippen molar-refractivity contribution in [2.24, 2.45) is 0 Å². The molecule has 0 bridgehead atoms. The minimum absolute atomic E-state index is 0.157. The lowest BCUT2D eigenvalue weighted by Crippen LogP contribution is -2.07. The van der Waals surface area contributed by atoms with Crippen LogP contribution in [-0.4, -0.2) is 14.8 Å². The fourth-order valence-corrected chi connectivity index (χ4v) is 3.27. The number of rotatable bonds is 4. The van der Waals surface area contributed by atoms with Crippen LogP contribution in [0.15, 0.2) is 66.9 Å². The number of aromatic nitrogens is 3. The van der Waals surface area contributed by atoms with E-state index in [0.29, 0.717) is 5.02 Å². The number of nitrogens with one attached hydrogen (secondary N) is 1. The maximum absolute atomic E-state index is 6.15. The van der Waals surface area contributed by atoms with Crippen LogP contribution in [0.25, 0.3) is 16.6 Å². The van der Waals surface area contributed by atoms with Gasteiger partial charge in [-0.25, -0.2) is 9.67 Å². The molecule has 0 unspecified atom stereocenters. The molecule has 2 aromatic carbocycles. The smallest absolute Gasteiger partial charge is 0.128 e. The van der Waals surface area contributed by atoms with Crippen LogP contribution in [0, 0.1) is 6.92 Å². The predicted octanol–water partition coefficient (Wildman–Crippen LogP) is 5.56. The number of benzene rings is 2. The van der Waals surface area contributed by atoms with Gasteiger partial charge < -0.3 is 5.32 Å². The van der Waals surface area contributed by atoms with Gasteiger partial charge in [0.15, 0.2) is 0 Å². The molecule has 4 rings (SSSR count). The van der Waals surface area contributed by atoms with Gasteiger partial charge in [0.25, 0.3) is 0 Å². The molecule has 0 aliphatic rings. The maximum Gasteiger partial charge on any atom is 0.128 e. The molecule has 0 spiro atoms. The van der Waals surface area contributed by atoms with E-state index in [9.17, 15) is 0 Å². The number of pyridine rings is 1. The normalized spacial score (nSPS) is 12.3. The molecule has 1 atom stereocenters. The number of fused-ring (bicyclic) bond motifs is 1. The van der Waals surface area contributed by atoms with Crippen LogP contribution in [0.5, 0.6) is 0 Å². The van der Waals surface area contributed by atoms with Gasteiger partial charge in [-0.05, 0) is 37.6 Å². The number of anilines is 1. The van der Waals surface area contributed by atoms with E-state index < -0.39 is 0 Å². The highest BCUT2D eigenvalue weighted by Gasteiger charge is 2.12. The molecule has 5 heteroatoms. The molecule has 0 saturated heterocycles. The van der Waals surface area contributed by atoms with E-state index in [1.54, 1.807) is 0 Å². The molecule has 4 aromatic rings. The van der Waals surface area contributed by atoms with Gasteiger partial charge in [0.2, 0.25) is 0 Å². The van der Waals surface area contributed by atoms with Gasteiger partial charge in [-0.1, -0.05) is 48.0 Å². The van der Waals surface area contributed by atoms with E-state index in [1.165, 1.54) is 5.56 Å². The topological polar surface area (TPSA) is 42.7 Å². The van der Waals surface area contributed by atoms with Gasteiger partial charge >= 0.3 is 0 Å². The van der Waals surface area contributed by atoms with E-state index in [2.05, 4.69) is 34.5 Å². The highest BCUT2D eigenvalue weighted by atomic mass is 35.5. The minimum atomic E-state index is 0.157. The predicted molar refractivity (Wildman–Crippen MR) is 107 cm³/mol. The summed E-state index contributed by atoms with van der Waals surface area (Å²) < 4.78 is 1.91. The van der Waals surface area contributed by atoms with E-state index in [0.717, 1.165) is 28.1 Å². The third-order valence-corrected chi connectivity index (χ3v) is 4.70. The van der Waals surface area contributed by atoms with Gasteiger partial charge in [0, 0.05) is 28.7 Å². The molecule has 0 aliphatic heterocycles. The van der Waals surface area contributed by atoms with Gasteiger partial charge in [-0.15, -0.1) is 0 Å². The van der Waals surface area contributed by atoms with Crippen LogP contribution >= 0.6 is 11.6 Å². The first-order valence-electron chi connectivity index (χ1n) is 8.54. The Balaban J connectivity index is 1.73. The Morgan fingerprint density at radius 1 is 1.04 bits per heavy atom. The molecule has 130 valence electrons. The fraction of sp³-hybridized carbons (Fsp3) is 0.143. The molecule has 26 heavy (non-hydrogen) atoms. The Morgan fingerprint density at radius 2 is 1.85 bits per heavy atom. The van der Waals surface area contributed by atoms with Crippen LogP contribution < -0.4 is 5.32 Å². The summed E-state index contributed by atoms with van der Waals surface area (Å²) in [6.45, 7) is 4.12. The Labute approximate surface area is 157 Å². The van der Waals surface area contributed by atoms with Crippen molar-refractivity contribution in [2.75, 3.05) is 5.32 Å². The summed E-state index contributed by atoms with van der Waals surface area (Å²) in [6, 6.07) is 20.2. The van der Waals surface area contributed by atoms with Crippen LogP contribution in [0.2, 0.25) is 5.02 Å². The Bertz CT molecular complexity index is 1060. The number of hydrogen-bond acceptors (Lipinski definition) is 3. The second-order valence-electron chi connectivity index (χ2n) is 6.34. The molecular formula is C21H19ClN4. The van der Waals surface area contributed by atoms with Gasteiger partial charge in [-0.2, -0.15) is 5.10 Å². The molecule has 4 nitrogen and oxygen atoms in total. The van der Waals surface area contributed by atoms with Crippen molar-refractivity contribution in [2.45, 2.75) is 19.9 Å². The van der Waals surface area contributed by atoms with E-state index in [1.807, 2.05) is 66.3 Å². The molecule has 1 N–H and O–H groups in total. The molecule has 0 aliphatic carbocycles. The zero-order valence-electron chi connectivity index (χ0n) is 14.6. The average Bonchev–Trinajstić information content (AvgIpc) is 2.99. The summed E-state index contributed by atoms with van der Waals surface area (Å²) in [5.74, 6) is 0.817. The highest BCUT2D eigenvalue weighted by Crippen LogP contribution is 2.26. The fourth-order valence-electron chi connectivity index (χ4n) is 3.09. The summed E-state index contributed by atoms with van der Waals surface area (Å²) in [7, 11) is 0. The zero-order valence-corrected chi connectivity index (χ0v) is 15.4. The van der Waals surface area contributed by atoms with Crippen molar-refractivity contribution in [3.8, 4) is 5.69 Å². The van der Waals surface area contributed by atoms with Gasteiger partial charge in [-0.3, -0.25) is 0 Å². The Hall–Kier alpha value is -2.85. The second kappa shape index (κ2) is 6.81. The quantitative estimate of drug-likeness (QED) is 0.517. The first kappa shape index (κ1) is 16.6. The third kappa shape index (κ3) is 3.16. The lowest BCUT2D eigenvalue weighted by Gasteiger charge is -2.15. The van der Waals surface area contributed by atoms with Crippen molar-refractivity contribution < 1.29 is 0 Å².